The molecule has 0 unspecified atom stereocenters. The second-order valence-electron chi connectivity index (χ2n) is 7.13. The summed E-state index contributed by atoms with van der Waals surface area (Å²) in [5.74, 6) is 0.0811. The van der Waals surface area contributed by atoms with Gasteiger partial charge in [-0.25, -0.2) is 18.1 Å². The Kier molecular flexibility index (Phi) is 6.19. The Bertz CT molecular complexity index is 1260. The molecule has 0 aliphatic carbocycles. The number of benzene rings is 1. The fourth-order valence-electron chi connectivity index (χ4n) is 3.35. The topological polar surface area (TPSA) is 111 Å². The number of nitrogens with zero attached hydrogens (tertiary/aromatic N) is 3. The number of ether oxygens (including phenoxy) is 1. The average molecular weight is 463 g/mol. The van der Waals surface area contributed by atoms with Crippen molar-refractivity contribution in [3.05, 3.63) is 57.5 Å². The number of hydrogen-bond donors (Lipinski definition) is 1. The van der Waals surface area contributed by atoms with E-state index < -0.39 is 10.0 Å². The van der Waals surface area contributed by atoms with E-state index in [9.17, 15) is 18.0 Å². The van der Waals surface area contributed by atoms with Gasteiger partial charge in [-0.15, -0.1) is 11.3 Å². The average Bonchev–Trinajstić information content (AvgIpc) is 3.24. The number of aryl methyl sites for hydroxylation is 2. The largest absolute Gasteiger partial charge is 0.379 e. The van der Waals surface area contributed by atoms with Gasteiger partial charge in [-0.2, -0.15) is 4.31 Å². The van der Waals surface area contributed by atoms with E-state index in [-0.39, 0.29) is 22.8 Å². The van der Waals surface area contributed by atoms with Gasteiger partial charge in [-0.3, -0.25) is 15.0 Å². The van der Waals surface area contributed by atoms with Crippen molar-refractivity contribution in [1.29, 1.82) is 0 Å². The van der Waals surface area contributed by atoms with E-state index in [1.807, 2.05) is 0 Å². The lowest BCUT2D eigenvalue weighted by Gasteiger charge is -2.26. The smallest absolute Gasteiger partial charge is 0.281 e. The van der Waals surface area contributed by atoms with Crippen LogP contribution in [0.25, 0.3) is 10.2 Å². The summed E-state index contributed by atoms with van der Waals surface area (Å²) >= 11 is 1.37. The molecular weight excluding hydrogens is 440 g/mol. The summed E-state index contributed by atoms with van der Waals surface area (Å²) in [5, 5.41) is 2.25. The molecule has 1 saturated heterocycles. The molecule has 3 aromatic rings. The molecule has 0 bridgehead atoms. The van der Waals surface area contributed by atoms with Gasteiger partial charge >= 0.3 is 0 Å². The van der Waals surface area contributed by atoms with Crippen molar-refractivity contribution < 1.29 is 17.9 Å². The Morgan fingerprint density at radius 3 is 2.61 bits per heavy atom. The lowest BCUT2D eigenvalue weighted by Crippen LogP contribution is -2.40. The van der Waals surface area contributed by atoms with Crippen LogP contribution < -0.4 is 11.0 Å². The summed E-state index contributed by atoms with van der Waals surface area (Å²) in [6.45, 7) is 3.13. The summed E-state index contributed by atoms with van der Waals surface area (Å²) in [7, 11) is -3.54. The molecule has 0 saturated carbocycles. The molecule has 2 aromatic heterocycles. The van der Waals surface area contributed by atoms with Gasteiger partial charge in [0.15, 0.2) is 0 Å². The number of rotatable bonds is 6. The van der Waals surface area contributed by atoms with E-state index in [2.05, 4.69) is 10.4 Å². The minimum Gasteiger partial charge on any atom is -0.379 e. The van der Waals surface area contributed by atoms with Gasteiger partial charge in [0.2, 0.25) is 15.9 Å². The SMILES string of the molecule is Cc1nc2sccc2c(=O)n1NC(=O)CCc1ccc(S(=O)(=O)N2CCOCC2)cc1. The minimum atomic E-state index is -3.54. The van der Waals surface area contributed by atoms with E-state index in [1.165, 1.54) is 15.6 Å². The lowest BCUT2D eigenvalue weighted by atomic mass is 10.1. The number of thiophene rings is 1. The molecule has 164 valence electrons. The summed E-state index contributed by atoms with van der Waals surface area (Å²) in [6.07, 6.45) is 0.550. The first kappa shape index (κ1) is 21.6. The zero-order chi connectivity index (χ0) is 22.0. The van der Waals surface area contributed by atoms with E-state index in [0.717, 1.165) is 10.2 Å². The van der Waals surface area contributed by atoms with Crippen LogP contribution in [0, 0.1) is 6.92 Å². The highest BCUT2D eigenvalue weighted by Crippen LogP contribution is 2.18. The number of fused-ring (bicyclic) bond motifs is 1. The maximum Gasteiger partial charge on any atom is 0.281 e. The first-order valence-corrected chi connectivity index (χ1v) is 12.1. The standard InChI is InChI=1S/C20H22N4O5S2/c1-14-21-19-17(8-13-30-19)20(26)24(14)22-18(25)7-4-15-2-5-16(6-3-15)31(27,28)23-9-11-29-12-10-23/h2-3,5-6,8,13H,4,7,9-12H2,1H3,(H,22,25). The Morgan fingerprint density at radius 1 is 1.19 bits per heavy atom. The first-order chi connectivity index (χ1) is 14.9. The molecule has 9 nitrogen and oxygen atoms in total. The maximum absolute atomic E-state index is 12.7. The second-order valence-corrected chi connectivity index (χ2v) is 9.97. The predicted octanol–water partition coefficient (Wildman–Crippen LogP) is 1.49. The third-order valence-corrected chi connectivity index (χ3v) is 7.79. The second kappa shape index (κ2) is 8.87. The highest BCUT2D eigenvalue weighted by molar-refractivity contribution is 7.89. The molecule has 1 aliphatic rings. The Balaban J connectivity index is 1.39. The Labute approximate surface area is 183 Å². The Morgan fingerprint density at radius 2 is 1.90 bits per heavy atom. The normalized spacial score (nSPS) is 15.3. The van der Waals surface area contributed by atoms with Gasteiger partial charge < -0.3 is 4.74 Å². The van der Waals surface area contributed by atoms with Crippen LogP contribution >= 0.6 is 11.3 Å². The number of sulfonamides is 1. The van der Waals surface area contributed by atoms with Crippen LogP contribution in [0.15, 0.2) is 45.4 Å². The third kappa shape index (κ3) is 4.54. The van der Waals surface area contributed by atoms with Gasteiger partial charge in [0.1, 0.15) is 10.7 Å². The van der Waals surface area contributed by atoms with Crippen LogP contribution in [-0.2, 0) is 26.0 Å². The summed E-state index contributed by atoms with van der Waals surface area (Å²) in [4.78, 5) is 30.1. The third-order valence-electron chi connectivity index (χ3n) is 5.07. The van der Waals surface area contributed by atoms with Crippen molar-refractivity contribution in [2.45, 2.75) is 24.7 Å². The van der Waals surface area contributed by atoms with Crippen LogP contribution in [0.1, 0.15) is 17.8 Å². The van der Waals surface area contributed by atoms with E-state index in [4.69, 9.17) is 4.74 Å². The molecule has 4 rings (SSSR count). The van der Waals surface area contributed by atoms with E-state index in [1.54, 1.807) is 42.6 Å². The van der Waals surface area contributed by atoms with Gasteiger partial charge in [-0.05, 0) is 42.5 Å². The molecule has 0 spiro atoms. The van der Waals surface area contributed by atoms with Crippen molar-refractivity contribution in [1.82, 2.24) is 14.0 Å². The number of carbonyl (C=O) groups is 1. The minimum absolute atomic E-state index is 0.142. The number of morpholine rings is 1. The number of hydrogen-bond acceptors (Lipinski definition) is 7. The first-order valence-electron chi connectivity index (χ1n) is 9.80. The summed E-state index contributed by atoms with van der Waals surface area (Å²) in [6, 6.07) is 8.21. The number of amides is 1. The van der Waals surface area contributed by atoms with Crippen molar-refractivity contribution in [2.75, 3.05) is 31.7 Å². The van der Waals surface area contributed by atoms with Crippen molar-refractivity contribution in [2.24, 2.45) is 0 Å². The van der Waals surface area contributed by atoms with Crippen LogP contribution in [0.5, 0.6) is 0 Å². The predicted molar refractivity (Wildman–Crippen MR) is 117 cm³/mol. The molecule has 3 heterocycles. The van der Waals surface area contributed by atoms with Gasteiger partial charge in [0.25, 0.3) is 5.56 Å². The zero-order valence-corrected chi connectivity index (χ0v) is 18.5. The van der Waals surface area contributed by atoms with Crippen molar-refractivity contribution >= 4 is 37.5 Å². The van der Waals surface area contributed by atoms with Gasteiger partial charge in [0.05, 0.1) is 23.5 Å². The molecule has 0 radical (unpaired) electrons. The number of nitrogens with one attached hydrogen (secondary N) is 1. The van der Waals surface area contributed by atoms with E-state index >= 15 is 0 Å². The van der Waals surface area contributed by atoms with Gasteiger partial charge in [-0.1, -0.05) is 12.1 Å². The molecule has 1 fully saturated rings. The van der Waals surface area contributed by atoms with Crippen molar-refractivity contribution in [3.63, 3.8) is 0 Å². The van der Waals surface area contributed by atoms with Crippen LogP contribution in [0.2, 0.25) is 0 Å². The molecule has 0 atom stereocenters. The summed E-state index contributed by atoms with van der Waals surface area (Å²) < 4.78 is 33.1. The lowest BCUT2D eigenvalue weighted by molar-refractivity contribution is -0.117. The highest BCUT2D eigenvalue weighted by atomic mass is 32.2. The van der Waals surface area contributed by atoms with Crippen LogP contribution in [0.3, 0.4) is 0 Å². The van der Waals surface area contributed by atoms with Crippen molar-refractivity contribution in [3.8, 4) is 0 Å². The zero-order valence-electron chi connectivity index (χ0n) is 16.9. The number of aromatic nitrogens is 2. The quantitative estimate of drug-likeness (QED) is 0.594. The molecule has 1 aliphatic heterocycles. The molecule has 1 N–H and O–H groups in total. The number of carbonyl (C=O) groups excluding carboxylic acids is 1. The van der Waals surface area contributed by atoms with Crippen LogP contribution in [0.4, 0.5) is 0 Å². The molecule has 1 amide bonds. The maximum atomic E-state index is 12.7. The van der Waals surface area contributed by atoms with Gasteiger partial charge in [0, 0.05) is 19.5 Å². The summed E-state index contributed by atoms with van der Waals surface area (Å²) in [5.41, 5.74) is 3.12. The van der Waals surface area contributed by atoms with Crippen LogP contribution in [-0.4, -0.2) is 54.6 Å². The van der Waals surface area contributed by atoms with E-state index in [0.29, 0.717) is 48.8 Å². The highest BCUT2D eigenvalue weighted by Gasteiger charge is 2.26. The Hall–Kier alpha value is -2.60. The molecule has 1 aromatic carbocycles. The fraction of sp³-hybridized carbons (Fsp3) is 0.350. The molecule has 11 heteroatoms. The molecular formula is C20H22N4O5S2. The fourth-order valence-corrected chi connectivity index (χ4v) is 5.56. The monoisotopic (exact) mass is 462 g/mol. The molecule has 31 heavy (non-hydrogen) atoms.